The number of halogens is 2. The molecule has 1 aromatic heterocycles. The van der Waals surface area contributed by atoms with E-state index in [0.717, 1.165) is 29.8 Å². The predicted molar refractivity (Wildman–Crippen MR) is 80.0 cm³/mol. The van der Waals surface area contributed by atoms with E-state index in [1.807, 2.05) is 14.0 Å². The lowest BCUT2D eigenvalue weighted by Gasteiger charge is -2.21. The van der Waals surface area contributed by atoms with Gasteiger partial charge in [-0.15, -0.1) is 5.10 Å². The second-order valence-electron chi connectivity index (χ2n) is 4.78. The first-order valence-electron chi connectivity index (χ1n) is 6.59. The molecule has 0 amide bonds. The Morgan fingerprint density at radius 2 is 2.20 bits per heavy atom. The zero-order valence-corrected chi connectivity index (χ0v) is 13.4. The van der Waals surface area contributed by atoms with Crippen LogP contribution in [0.2, 0.25) is 0 Å². The first-order chi connectivity index (χ1) is 9.54. The topological polar surface area (TPSA) is 42.7 Å². The van der Waals surface area contributed by atoms with E-state index in [1.54, 1.807) is 16.8 Å². The van der Waals surface area contributed by atoms with Crippen LogP contribution in [0.5, 0.6) is 0 Å². The Kier molecular flexibility index (Phi) is 4.88. The number of rotatable bonds is 5. The summed E-state index contributed by atoms with van der Waals surface area (Å²) in [7, 11) is 1.84. The summed E-state index contributed by atoms with van der Waals surface area (Å²) in [5.74, 6) is -0.236. The number of hydrogen-bond donors (Lipinski definition) is 1. The molecular formula is C14H18BrFN4. The highest BCUT2D eigenvalue weighted by Crippen LogP contribution is 2.29. The van der Waals surface area contributed by atoms with Crippen molar-refractivity contribution in [1.29, 1.82) is 0 Å². The van der Waals surface area contributed by atoms with Gasteiger partial charge in [-0.3, -0.25) is 0 Å². The van der Waals surface area contributed by atoms with Crippen LogP contribution in [0.3, 0.4) is 0 Å². The molecule has 1 N–H and O–H groups in total. The van der Waals surface area contributed by atoms with Gasteiger partial charge in [-0.2, -0.15) is 0 Å². The van der Waals surface area contributed by atoms with Gasteiger partial charge in [-0.25, -0.2) is 9.07 Å². The summed E-state index contributed by atoms with van der Waals surface area (Å²) >= 11 is 3.42. The lowest BCUT2D eigenvalue weighted by atomic mass is 9.98. The predicted octanol–water partition coefficient (Wildman–Crippen LogP) is 3.11. The van der Waals surface area contributed by atoms with Gasteiger partial charge < -0.3 is 5.32 Å². The summed E-state index contributed by atoms with van der Waals surface area (Å²) in [4.78, 5) is 0. The Morgan fingerprint density at radius 1 is 1.45 bits per heavy atom. The summed E-state index contributed by atoms with van der Waals surface area (Å²) in [6.07, 6.45) is 0.994. The smallest absolute Gasteiger partial charge is 0.153 e. The lowest BCUT2D eigenvalue weighted by molar-refractivity contribution is 0.542. The van der Waals surface area contributed by atoms with E-state index in [9.17, 15) is 4.39 Å². The second-order valence-corrected chi connectivity index (χ2v) is 5.53. The zero-order valence-electron chi connectivity index (χ0n) is 11.8. The minimum Gasteiger partial charge on any atom is -0.305 e. The summed E-state index contributed by atoms with van der Waals surface area (Å²) in [5, 5.41) is 11.5. The standard InChI is InChI=1S/C14H18BrFN4/c1-4-7-17-12(13-14(15)18-19-20(13)3)11-8-10(16)6-5-9(11)2/h5-6,8,12,17H,4,7H2,1-3H3. The van der Waals surface area contributed by atoms with Crippen LogP contribution in [0, 0.1) is 12.7 Å². The fraction of sp³-hybridized carbons (Fsp3) is 0.429. The third-order valence-electron chi connectivity index (χ3n) is 3.25. The third-order valence-corrected chi connectivity index (χ3v) is 3.82. The Labute approximate surface area is 126 Å². The van der Waals surface area contributed by atoms with Gasteiger partial charge in [-0.1, -0.05) is 18.2 Å². The van der Waals surface area contributed by atoms with Gasteiger partial charge in [0.2, 0.25) is 0 Å². The van der Waals surface area contributed by atoms with Crippen LogP contribution >= 0.6 is 15.9 Å². The molecule has 1 atom stereocenters. The van der Waals surface area contributed by atoms with E-state index < -0.39 is 0 Å². The highest BCUT2D eigenvalue weighted by Gasteiger charge is 2.23. The fourth-order valence-electron chi connectivity index (χ4n) is 2.21. The van der Waals surface area contributed by atoms with Gasteiger partial charge in [0, 0.05) is 7.05 Å². The quantitative estimate of drug-likeness (QED) is 0.909. The number of nitrogens with zero attached hydrogens (tertiary/aromatic N) is 3. The van der Waals surface area contributed by atoms with E-state index in [1.165, 1.54) is 6.07 Å². The molecule has 0 radical (unpaired) electrons. The molecule has 0 bridgehead atoms. The van der Waals surface area contributed by atoms with Crippen molar-refractivity contribution in [1.82, 2.24) is 20.3 Å². The summed E-state index contributed by atoms with van der Waals surface area (Å²) in [5.41, 5.74) is 2.84. The van der Waals surface area contributed by atoms with Crippen LogP contribution in [0.25, 0.3) is 0 Å². The molecular weight excluding hydrogens is 323 g/mol. The lowest BCUT2D eigenvalue weighted by Crippen LogP contribution is -2.26. The maximum absolute atomic E-state index is 13.6. The molecule has 108 valence electrons. The van der Waals surface area contributed by atoms with Gasteiger partial charge in [0.05, 0.1) is 11.7 Å². The SMILES string of the molecule is CCCNC(c1cc(F)ccc1C)c1c(Br)nnn1C. The molecule has 1 heterocycles. The second kappa shape index (κ2) is 6.45. The molecule has 1 unspecified atom stereocenters. The number of aryl methyl sites for hydroxylation is 2. The normalized spacial score (nSPS) is 12.7. The first kappa shape index (κ1) is 15.1. The molecule has 0 fully saturated rings. The molecule has 1 aromatic carbocycles. The molecule has 0 aliphatic heterocycles. The van der Waals surface area contributed by atoms with Crippen LogP contribution in [-0.2, 0) is 7.05 Å². The van der Waals surface area contributed by atoms with Crippen LogP contribution in [-0.4, -0.2) is 21.5 Å². The number of nitrogens with one attached hydrogen (secondary N) is 1. The van der Waals surface area contributed by atoms with E-state index in [4.69, 9.17) is 0 Å². The van der Waals surface area contributed by atoms with Crippen LogP contribution in [0.1, 0.15) is 36.2 Å². The Balaban J connectivity index is 2.50. The van der Waals surface area contributed by atoms with Crippen molar-refractivity contribution in [3.05, 3.63) is 45.4 Å². The van der Waals surface area contributed by atoms with Crippen molar-refractivity contribution in [2.75, 3.05) is 6.54 Å². The highest BCUT2D eigenvalue weighted by molar-refractivity contribution is 9.10. The molecule has 0 saturated carbocycles. The van der Waals surface area contributed by atoms with Crippen molar-refractivity contribution in [2.45, 2.75) is 26.3 Å². The average molecular weight is 341 g/mol. The van der Waals surface area contributed by atoms with Gasteiger partial charge in [0.15, 0.2) is 4.60 Å². The fourth-order valence-corrected chi connectivity index (χ4v) is 2.77. The van der Waals surface area contributed by atoms with Crippen molar-refractivity contribution in [2.24, 2.45) is 7.05 Å². The minimum atomic E-state index is -0.236. The molecule has 20 heavy (non-hydrogen) atoms. The molecule has 0 saturated heterocycles. The Bertz CT molecular complexity index is 577. The number of benzene rings is 1. The average Bonchev–Trinajstić information content (AvgIpc) is 2.74. The monoisotopic (exact) mass is 340 g/mol. The van der Waals surface area contributed by atoms with Crippen molar-refractivity contribution < 1.29 is 4.39 Å². The Hall–Kier alpha value is -1.27. The van der Waals surface area contributed by atoms with Crippen molar-refractivity contribution in [3.8, 4) is 0 Å². The number of aromatic nitrogens is 3. The summed E-state index contributed by atoms with van der Waals surface area (Å²) in [6, 6.07) is 4.71. The first-order valence-corrected chi connectivity index (χ1v) is 7.38. The zero-order chi connectivity index (χ0) is 14.7. The summed E-state index contributed by atoms with van der Waals surface area (Å²) in [6.45, 7) is 4.91. The van der Waals surface area contributed by atoms with Gasteiger partial charge in [0.25, 0.3) is 0 Å². The third kappa shape index (κ3) is 3.07. The molecule has 0 aliphatic carbocycles. The molecule has 6 heteroatoms. The summed E-state index contributed by atoms with van der Waals surface area (Å²) < 4.78 is 16.0. The van der Waals surface area contributed by atoms with Gasteiger partial charge >= 0.3 is 0 Å². The van der Waals surface area contributed by atoms with Crippen molar-refractivity contribution in [3.63, 3.8) is 0 Å². The Morgan fingerprint density at radius 3 is 2.80 bits per heavy atom. The molecule has 0 spiro atoms. The highest BCUT2D eigenvalue weighted by atomic mass is 79.9. The van der Waals surface area contributed by atoms with Crippen LogP contribution < -0.4 is 5.32 Å². The van der Waals surface area contributed by atoms with Gasteiger partial charge in [0.1, 0.15) is 5.82 Å². The van der Waals surface area contributed by atoms with Crippen molar-refractivity contribution >= 4 is 15.9 Å². The van der Waals surface area contributed by atoms with Crippen LogP contribution in [0.4, 0.5) is 4.39 Å². The van der Waals surface area contributed by atoms with E-state index in [2.05, 4.69) is 38.5 Å². The molecule has 2 aromatic rings. The largest absolute Gasteiger partial charge is 0.305 e. The van der Waals surface area contributed by atoms with Crippen LogP contribution in [0.15, 0.2) is 22.8 Å². The van der Waals surface area contributed by atoms with Gasteiger partial charge in [-0.05, 0) is 59.1 Å². The number of hydrogen-bond acceptors (Lipinski definition) is 3. The van der Waals surface area contributed by atoms with E-state index >= 15 is 0 Å². The maximum atomic E-state index is 13.6. The minimum absolute atomic E-state index is 0.139. The van der Waals surface area contributed by atoms with E-state index in [-0.39, 0.29) is 11.9 Å². The molecule has 0 aliphatic rings. The van der Waals surface area contributed by atoms with E-state index in [0.29, 0.717) is 4.60 Å². The molecule has 2 rings (SSSR count). The molecule has 4 nitrogen and oxygen atoms in total. The maximum Gasteiger partial charge on any atom is 0.153 e.